The lowest BCUT2D eigenvalue weighted by atomic mass is 10.2. The molecule has 0 aliphatic heterocycles. The summed E-state index contributed by atoms with van der Waals surface area (Å²) in [5.74, 6) is 0.420. The molecule has 1 aromatic carbocycles. The predicted molar refractivity (Wildman–Crippen MR) is 69.6 cm³/mol. The number of amides is 1. The number of nitrogens with zero attached hydrogens (tertiary/aromatic N) is 2. The molecule has 3 N–H and O–H groups in total. The van der Waals surface area contributed by atoms with Crippen LogP contribution in [0.2, 0.25) is 0 Å². The summed E-state index contributed by atoms with van der Waals surface area (Å²) in [6.07, 6.45) is 0. The van der Waals surface area contributed by atoms with E-state index in [9.17, 15) is 4.79 Å². The van der Waals surface area contributed by atoms with Gasteiger partial charge in [0, 0.05) is 0 Å². The third kappa shape index (κ3) is 2.63. The van der Waals surface area contributed by atoms with Gasteiger partial charge < -0.3 is 10.5 Å². The van der Waals surface area contributed by atoms with Gasteiger partial charge in [-0.1, -0.05) is 23.5 Å². The van der Waals surface area contributed by atoms with E-state index in [-0.39, 0.29) is 12.5 Å². The van der Waals surface area contributed by atoms with E-state index in [1.54, 1.807) is 7.11 Å². The number of rotatable bonds is 4. The first kappa shape index (κ1) is 12.5. The van der Waals surface area contributed by atoms with Crippen LogP contribution in [0, 0.1) is 0 Å². The minimum atomic E-state index is -0.294. The van der Waals surface area contributed by atoms with Crippen molar-refractivity contribution in [3.05, 3.63) is 24.3 Å². The Labute approximate surface area is 108 Å². The number of hydrogen-bond acceptors (Lipinski definition) is 6. The Bertz CT molecular complexity index is 555. The van der Waals surface area contributed by atoms with Gasteiger partial charge in [0.2, 0.25) is 11.0 Å². The lowest BCUT2D eigenvalue weighted by Gasteiger charge is -2.03. The number of hydrogen-bond donors (Lipinski definition) is 2. The second-order valence-corrected chi connectivity index (χ2v) is 4.34. The van der Waals surface area contributed by atoms with Gasteiger partial charge in [-0.15, -0.1) is 10.2 Å². The maximum absolute atomic E-state index is 11.1. The number of anilines is 1. The number of aromatic nitrogens is 2. The largest absolute Gasteiger partial charge is 0.496 e. The van der Waals surface area contributed by atoms with Crippen LogP contribution in [0.4, 0.5) is 5.13 Å². The minimum Gasteiger partial charge on any atom is -0.496 e. The Morgan fingerprint density at radius 1 is 1.44 bits per heavy atom. The zero-order valence-corrected chi connectivity index (χ0v) is 10.5. The Kier molecular flexibility index (Phi) is 3.85. The Hall–Kier alpha value is -1.99. The first-order valence-corrected chi connectivity index (χ1v) is 6.03. The zero-order valence-electron chi connectivity index (χ0n) is 9.71. The van der Waals surface area contributed by atoms with Gasteiger partial charge in [0.05, 0.1) is 19.2 Å². The molecule has 1 amide bonds. The highest BCUT2D eigenvalue weighted by molar-refractivity contribution is 7.18. The van der Waals surface area contributed by atoms with Crippen LogP contribution in [0.25, 0.3) is 10.6 Å². The zero-order chi connectivity index (χ0) is 13.0. The van der Waals surface area contributed by atoms with Crippen LogP contribution in [-0.4, -0.2) is 29.8 Å². The molecule has 0 aliphatic carbocycles. The Morgan fingerprint density at radius 2 is 2.22 bits per heavy atom. The van der Waals surface area contributed by atoms with E-state index in [1.807, 2.05) is 24.3 Å². The fourth-order valence-electron chi connectivity index (χ4n) is 1.37. The highest BCUT2D eigenvalue weighted by Gasteiger charge is 2.12. The lowest BCUT2D eigenvalue weighted by Crippen LogP contribution is -2.21. The molecule has 1 aromatic heterocycles. The predicted octanol–water partition coefficient (Wildman–Crippen LogP) is 1.11. The molecule has 0 aliphatic rings. The number of nitrogens with two attached hydrogens (primary N) is 1. The summed E-state index contributed by atoms with van der Waals surface area (Å²) in [6, 6.07) is 7.49. The molecule has 0 bridgehead atoms. The molecule has 2 rings (SSSR count). The molecule has 7 heteroatoms. The number of nitrogens with one attached hydrogen (secondary N) is 1. The van der Waals surface area contributed by atoms with E-state index < -0.39 is 0 Å². The van der Waals surface area contributed by atoms with Crippen molar-refractivity contribution in [1.82, 2.24) is 10.2 Å². The number of carbonyl (C=O) groups is 1. The smallest absolute Gasteiger partial charge is 0.239 e. The molecule has 0 saturated carbocycles. The molecule has 0 fully saturated rings. The summed E-state index contributed by atoms with van der Waals surface area (Å²) < 4.78 is 5.24. The average Bonchev–Trinajstić information content (AvgIpc) is 2.86. The molecule has 0 atom stereocenters. The van der Waals surface area contributed by atoms with Gasteiger partial charge in [-0.25, -0.2) is 0 Å². The quantitative estimate of drug-likeness (QED) is 0.863. The molecule has 0 spiro atoms. The standard InChI is InChI=1S/C11H12N4O2S/c1-17-8-5-3-2-4-7(8)10-14-15-11(18-10)13-9(16)6-12/h2-5H,6,12H2,1H3,(H,13,15,16). The van der Waals surface area contributed by atoms with Crippen LogP contribution in [0.3, 0.4) is 0 Å². The van der Waals surface area contributed by atoms with E-state index in [0.717, 1.165) is 5.56 Å². The van der Waals surface area contributed by atoms with Crippen molar-refractivity contribution in [2.24, 2.45) is 5.73 Å². The van der Waals surface area contributed by atoms with Gasteiger partial charge >= 0.3 is 0 Å². The van der Waals surface area contributed by atoms with Crippen molar-refractivity contribution >= 4 is 22.4 Å². The van der Waals surface area contributed by atoms with Crippen molar-refractivity contribution in [3.8, 4) is 16.3 Å². The molecular formula is C11H12N4O2S. The fraction of sp³-hybridized carbons (Fsp3) is 0.182. The van der Waals surface area contributed by atoms with Crippen molar-refractivity contribution in [3.63, 3.8) is 0 Å². The van der Waals surface area contributed by atoms with Crippen LogP contribution in [0.1, 0.15) is 0 Å². The SMILES string of the molecule is COc1ccccc1-c1nnc(NC(=O)CN)s1. The third-order valence-corrected chi connectivity index (χ3v) is 3.07. The molecule has 0 radical (unpaired) electrons. The van der Waals surface area contributed by atoms with Gasteiger partial charge in [0.1, 0.15) is 5.75 Å². The molecular weight excluding hydrogens is 252 g/mol. The number of para-hydroxylation sites is 1. The first-order valence-electron chi connectivity index (χ1n) is 5.21. The van der Waals surface area contributed by atoms with Crippen molar-refractivity contribution < 1.29 is 9.53 Å². The maximum atomic E-state index is 11.1. The summed E-state index contributed by atoms with van der Waals surface area (Å²) in [5.41, 5.74) is 6.05. The van der Waals surface area contributed by atoms with Gasteiger partial charge in [-0.3, -0.25) is 10.1 Å². The topological polar surface area (TPSA) is 90.1 Å². The molecule has 94 valence electrons. The van der Waals surface area contributed by atoms with Crippen LogP contribution >= 0.6 is 11.3 Å². The maximum Gasteiger partial charge on any atom is 0.239 e. The molecule has 2 aromatic rings. The van der Waals surface area contributed by atoms with Crippen molar-refractivity contribution in [2.45, 2.75) is 0 Å². The molecule has 1 heterocycles. The van der Waals surface area contributed by atoms with E-state index >= 15 is 0 Å². The summed E-state index contributed by atoms with van der Waals surface area (Å²) in [6.45, 7) is -0.0798. The fourth-order valence-corrected chi connectivity index (χ4v) is 2.16. The first-order chi connectivity index (χ1) is 8.74. The second kappa shape index (κ2) is 5.56. The number of methoxy groups -OCH3 is 1. The van der Waals surface area contributed by atoms with E-state index in [2.05, 4.69) is 15.5 Å². The molecule has 0 unspecified atom stereocenters. The average molecular weight is 264 g/mol. The summed E-state index contributed by atoms with van der Waals surface area (Å²) in [4.78, 5) is 11.1. The van der Waals surface area contributed by atoms with E-state index in [4.69, 9.17) is 10.5 Å². The van der Waals surface area contributed by atoms with E-state index in [1.165, 1.54) is 11.3 Å². The Morgan fingerprint density at radius 3 is 2.94 bits per heavy atom. The van der Waals surface area contributed by atoms with Crippen LogP contribution in [-0.2, 0) is 4.79 Å². The van der Waals surface area contributed by atoms with Gasteiger partial charge in [-0.05, 0) is 12.1 Å². The number of ether oxygens (including phenoxy) is 1. The summed E-state index contributed by atoms with van der Waals surface area (Å²) in [5, 5.41) is 11.6. The van der Waals surface area contributed by atoms with Gasteiger partial charge in [-0.2, -0.15) is 0 Å². The highest BCUT2D eigenvalue weighted by atomic mass is 32.1. The second-order valence-electron chi connectivity index (χ2n) is 3.36. The van der Waals surface area contributed by atoms with E-state index in [0.29, 0.717) is 15.9 Å². The molecule has 6 nitrogen and oxygen atoms in total. The van der Waals surface area contributed by atoms with Gasteiger partial charge in [0.25, 0.3) is 0 Å². The minimum absolute atomic E-state index is 0.0798. The number of benzene rings is 1. The normalized spacial score (nSPS) is 10.1. The summed E-state index contributed by atoms with van der Waals surface area (Å²) >= 11 is 1.27. The third-order valence-electron chi connectivity index (χ3n) is 2.19. The van der Waals surface area contributed by atoms with Crippen LogP contribution in [0.15, 0.2) is 24.3 Å². The lowest BCUT2D eigenvalue weighted by molar-refractivity contribution is -0.114. The highest BCUT2D eigenvalue weighted by Crippen LogP contribution is 2.33. The van der Waals surface area contributed by atoms with Crippen LogP contribution in [0.5, 0.6) is 5.75 Å². The van der Waals surface area contributed by atoms with Crippen LogP contribution < -0.4 is 15.8 Å². The van der Waals surface area contributed by atoms with Crippen molar-refractivity contribution in [1.29, 1.82) is 0 Å². The molecule has 18 heavy (non-hydrogen) atoms. The Balaban J connectivity index is 2.26. The van der Waals surface area contributed by atoms with Gasteiger partial charge in [0.15, 0.2) is 5.01 Å². The molecule has 0 saturated heterocycles. The monoisotopic (exact) mass is 264 g/mol. The number of carbonyl (C=O) groups excluding carboxylic acids is 1. The van der Waals surface area contributed by atoms with Crippen molar-refractivity contribution in [2.75, 3.05) is 19.0 Å². The summed E-state index contributed by atoms with van der Waals surface area (Å²) in [7, 11) is 1.59.